The number of carbonyl (C=O) groups excluding carboxylic acids is 3. The summed E-state index contributed by atoms with van der Waals surface area (Å²) in [5.41, 5.74) is 5.01. The van der Waals surface area contributed by atoms with Crippen LogP contribution in [0.1, 0.15) is 88.5 Å². The van der Waals surface area contributed by atoms with Gasteiger partial charge in [0, 0.05) is 85.5 Å². The van der Waals surface area contributed by atoms with Crippen molar-refractivity contribution in [2.75, 3.05) is 63.9 Å². The van der Waals surface area contributed by atoms with Crippen LogP contribution >= 0.6 is 0 Å². The van der Waals surface area contributed by atoms with Gasteiger partial charge in [-0.15, -0.1) is 5.06 Å². The van der Waals surface area contributed by atoms with E-state index in [1.807, 2.05) is 60.0 Å². The van der Waals surface area contributed by atoms with Crippen molar-refractivity contribution < 1.29 is 68.7 Å². The van der Waals surface area contributed by atoms with Crippen LogP contribution in [-0.4, -0.2) is 124 Å². The Hall–Kier alpha value is -5.54. The summed E-state index contributed by atoms with van der Waals surface area (Å²) in [6, 6.07) is 17.6. The number of benzene rings is 3. The van der Waals surface area contributed by atoms with E-state index >= 15 is 0 Å². The first-order valence-corrected chi connectivity index (χ1v) is 25.5. The first kappa shape index (κ1) is 50.3. The number of hydroxylamine groups is 2. The molecule has 0 aromatic heterocycles. The van der Waals surface area contributed by atoms with Crippen LogP contribution in [0.4, 0.5) is 11.4 Å². The molecule has 0 spiro atoms. The highest BCUT2D eigenvalue weighted by atomic mass is 32.2. The minimum Gasteiger partial charge on any atom is -0.744 e. The molecule has 7 rings (SSSR count). The third-order valence-electron chi connectivity index (χ3n) is 12.5. The summed E-state index contributed by atoms with van der Waals surface area (Å²) in [5.74, 6) is -1.57. The van der Waals surface area contributed by atoms with Gasteiger partial charge in [0.15, 0.2) is 5.71 Å². The van der Waals surface area contributed by atoms with E-state index in [0.717, 1.165) is 28.0 Å². The van der Waals surface area contributed by atoms with Gasteiger partial charge in [0.1, 0.15) is 28.2 Å². The molecule has 0 aliphatic carbocycles. The van der Waals surface area contributed by atoms with Gasteiger partial charge >= 0.3 is 5.97 Å². The fourth-order valence-electron chi connectivity index (χ4n) is 9.27. The standard InChI is InChI=1S/C49H57N3O14S2/c1-33-32-48(2,3)51(20-21-63-24-25-64-23-22-62-5)41-31-43-38(30-37(33)41)35(27-42(65-43)34-11-7-6-8-12-34)28-44-49(4,18-9-13-47(55)66-52-45(53)16-17-46(52)54)39-29-36(68(59,60)61)14-15-40(39)50(44)19-10-26-67(56,57)58/h6-8,11-12,14-15,27-32H,9-10,13,16-26H2,1-5H3,(H-,56,57,58,59,60,61). The Morgan fingerprint density at radius 2 is 1.60 bits per heavy atom. The lowest BCUT2D eigenvalue weighted by Crippen LogP contribution is -2.47. The topological polar surface area (TPSA) is 218 Å². The molecule has 17 nitrogen and oxygen atoms in total. The number of hydrogen-bond acceptors (Lipinski definition) is 14. The Kier molecular flexibility index (Phi) is 15.2. The highest BCUT2D eigenvalue weighted by Crippen LogP contribution is 2.49. The molecule has 0 bridgehead atoms. The maximum absolute atomic E-state index is 13.1. The summed E-state index contributed by atoms with van der Waals surface area (Å²) < 4.78 is 96.6. The van der Waals surface area contributed by atoms with Crippen molar-refractivity contribution in [3.05, 3.63) is 101 Å². The molecule has 364 valence electrons. The van der Waals surface area contributed by atoms with Crippen LogP contribution in [0.3, 0.4) is 0 Å². The number of ether oxygens (including phenoxy) is 4. The second-order valence-corrected chi connectivity index (χ2v) is 20.8. The van der Waals surface area contributed by atoms with E-state index in [1.165, 1.54) is 18.2 Å². The number of anilines is 1. The second kappa shape index (κ2) is 20.6. The zero-order valence-corrected chi connectivity index (χ0v) is 40.5. The monoisotopic (exact) mass is 975 g/mol. The summed E-state index contributed by atoms with van der Waals surface area (Å²) >= 11 is 0. The highest BCUT2D eigenvalue weighted by Gasteiger charge is 2.48. The molecule has 68 heavy (non-hydrogen) atoms. The number of nitrogens with zero attached hydrogens (tertiary/aromatic N) is 3. The zero-order chi connectivity index (χ0) is 49.0. The van der Waals surface area contributed by atoms with E-state index < -0.39 is 59.6 Å². The van der Waals surface area contributed by atoms with Gasteiger partial charge in [0.25, 0.3) is 21.9 Å². The van der Waals surface area contributed by atoms with E-state index in [1.54, 1.807) is 7.11 Å². The zero-order valence-electron chi connectivity index (χ0n) is 38.8. The fourth-order valence-corrected chi connectivity index (χ4v) is 10.3. The number of carbonyl (C=O) groups is 3. The SMILES string of the molecule is COCCOCCOCCN1c2cc3c(cc2C(C)=CC1(C)C)/C(=C/C1=[N+](CCCS(=O)(=O)O)c2ccc(S(=O)(=O)[O-])cc2C1(C)CCCC(=O)ON1C(=O)CCC1=O)C=C(c1ccccc1)O3. The Bertz CT molecular complexity index is 2800. The van der Waals surface area contributed by atoms with E-state index in [0.29, 0.717) is 78.7 Å². The second-order valence-electron chi connectivity index (χ2n) is 17.8. The Morgan fingerprint density at radius 3 is 2.28 bits per heavy atom. The molecule has 3 aromatic carbocycles. The van der Waals surface area contributed by atoms with Crippen LogP contribution < -0.4 is 9.64 Å². The number of fused-ring (bicyclic) bond motifs is 3. The number of hydrogen-bond donors (Lipinski definition) is 1. The molecule has 0 radical (unpaired) electrons. The van der Waals surface area contributed by atoms with Crippen LogP contribution in [0.5, 0.6) is 5.75 Å². The summed E-state index contributed by atoms with van der Waals surface area (Å²) in [6.45, 7) is 11.0. The first-order chi connectivity index (χ1) is 32.2. The normalized spacial score (nSPS) is 19.4. The quantitative estimate of drug-likeness (QED) is 0.0544. The smallest absolute Gasteiger partial charge is 0.333 e. The van der Waals surface area contributed by atoms with E-state index in [2.05, 4.69) is 37.8 Å². The molecule has 0 saturated carbocycles. The van der Waals surface area contributed by atoms with E-state index in [4.69, 9.17) is 23.8 Å². The number of rotatable bonds is 21. The Balaban J connectivity index is 1.34. The number of allylic oxidation sites excluding steroid dienone is 4. The molecule has 4 aliphatic heterocycles. The molecule has 4 heterocycles. The average molecular weight is 976 g/mol. The van der Waals surface area contributed by atoms with Crippen molar-refractivity contribution in [2.24, 2.45) is 0 Å². The molecular weight excluding hydrogens is 919 g/mol. The number of amides is 2. The van der Waals surface area contributed by atoms with E-state index in [-0.39, 0.29) is 45.1 Å². The minimum atomic E-state index is -4.95. The summed E-state index contributed by atoms with van der Waals surface area (Å²) in [4.78, 5) is 44.5. The first-order valence-electron chi connectivity index (χ1n) is 22.4. The van der Waals surface area contributed by atoms with Crippen LogP contribution in [-0.2, 0) is 59.1 Å². The predicted octanol–water partition coefficient (Wildman–Crippen LogP) is 6.20. The van der Waals surface area contributed by atoms with Crippen LogP contribution in [0.25, 0.3) is 16.9 Å². The van der Waals surface area contributed by atoms with Crippen molar-refractivity contribution in [1.29, 1.82) is 0 Å². The molecule has 19 heteroatoms. The van der Waals surface area contributed by atoms with Gasteiger partial charge in [-0.25, -0.2) is 13.2 Å². The van der Waals surface area contributed by atoms with Gasteiger partial charge in [-0.05, 0) is 76.0 Å². The fraction of sp³-hybridized carbons (Fsp3) is 0.429. The minimum absolute atomic E-state index is 0.0364. The van der Waals surface area contributed by atoms with Crippen molar-refractivity contribution in [3.8, 4) is 5.75 Å². The van der Waals surface area contributed by atoms with Gasteiger partial charge in [0.05, 0.1) is 54.6 Å². The maximum atomic E-state index is 13.1. The maximum Gasteiger partial charge on any atom is 0.333 e. The third kappa shape index (κ3) is 11.3. The van der Waals surface area contributed by atoms with Crippen molar-refractivity contribution in [2.45, 2.75) is 82.1 Å². The van der Waals surface area contributed by atoms with Crippen molar-refractivity contribution in [3.63, 3.8) is 0 Å². The van der Waals surface area contributed by atoms with Gasteiger partial charge in [-0.3, -0.25) is 14.1 Å². The third-order valence-corrected chi connectivity index (χ3v) is 14.2. The lowest BCUT2D eigenvalue weighted by molar-refractivity contribution is -0.437. The predicted molar refractivity (Wildman–Crippen MR) is 252 cm³/mol. The molecule has 1 saturated heterocycles. The summed E-state index contributed by atoms with van der Waals surface area (Å²) in [5, 5.41) is 0.477. The van der Waals surface area contributed by atoms with Crippen LogP contribution in [0, 0.1) is 0 Å². The number of methoxy groups -OCH3 is 1. The molecule has 1 unspecified atom stereocenters. The largest absolute Gasteiger partial charge is 0.744 e. The van der Waals surface area contributed by atoms with Crippen LogP contribution in [0.15, 0.2) is 83.8 Å². The Labute approximate surface area is 397 Å². The molecule has 4 aliphatic rings. The molecule has 2 amide bonds. The summed E-state index contributed by atoms with van der Waals surface area (Å²) in [6.07, 6.45) is 5.89. The lowest BCUT2D eigenvalue weighted by atomic mass is 9.74. The molecule has 1 N–H and O–H groups in total. The summed E-state index contributed by atoms with van der Waals surface area (Å²) in [7, 11) is -7.71. The molecule has 1 fully saturated rings. The van der Waals surface area contributed by atoms with Gasteiger partial charge < -0.3 is 33.2 Å². The average Bonchev–Trinajstić information content (AvgIpc) is 3.71. The van der Waals surface area contributed by atoms with Crippen molar-refractivity contribution in [1.82, 2.24) is 5.06 Å². The number of imide groups is 1. The lowest BCUT2D eigenvalue weighted by Gasteiger charge is -2.44. The van der Waals surface area contributed by atoms with Gasteiger partial charge in [0.2, 0.25) is 5.69 Å². The molecule has 3 aromatic rings. The Morgan fingerprint density at radius 1 is 0.912 bits per heavy atom. The van der Waals surface area contributed by atoms with Crippen LogP contribution in [0.2, 0.25) is 0 Å². The highest BCUT2D eigenvalue weighted by molar-refractivity contribution is 7.86. The molecular formula is C49H57N3O14S2. The van der Waals surface area contributed by atoms with Gasteiger partial charge in [-0.1, -0.05) is 36.4 Å². The van der Waals surface area contributed by atoms with E-state index in [9.17, 15) is 40.3 Å². The van der Waals surface area contributed by atoms with Crippen molar-refractivity contribution >= 4 is 72.0 Å². The molecule has 1 atom stereocenters. The van der Waals surface area contributed by atoms with Gasteiger partial charge in [-0.2, -0.15) is 13.0 Å².